The lowest BCUT2D eigenvalue weighted by Gasteiger charge is -2.41. The molecular weight excluding hydrogens is 465 g/mol. The predicted molar refractivity (Wildman–Crippen MR) is 128 cm³/mol. The normalized spacial score (nSPS) is 24.1. The lowest BCUT2D eigenvalue weighted by Crippen LogP contribution is -2.53. The highest BCUT2D eigenvalue weighted by Gasteiger charge is 2.45. The SMILES string of the molecule is CNC(=O)c1cc(Cl)c(O)cc1N1CC(N2CCC3(CC2)Cc2cc(Cl)ccc2O3)[C@H](O)C1. The zero-order chi connectivity index (χ0) is 23.3. The Bertz CT molecular complexity index is 1090. The molecule has 7 nitrogen and oxygen atoms in total. The van der Waals surface area contributed by atoms with Crippen LogP contribution >= 0.6 is 23.2 Å². The molecule has 1 unspecified atom stereocenters. The van der Waals surface area contributed by atoms with Gasteiger partial charge in [-0.25, -0.2) is 0 Å². The molecule has 3 heterocycles. The van der Waals surface area contributed by atoms with Crippen molar-refractivity contribution in [2.45, 2.75) is 37.0 Å². The quantitative estimate of drug-likeness (QED) is 0.611. The molecule has 2 atom stereocenters. The van der Waals surface area contributed by atoms with E-state index in [2.05, 4.69) is 10.2 Å². The van der Waals surface area contributed by atoms with E-state index in [0.717, 1.165) is 48.7 Å². The Morgan fingerprint density at radius 3 is 2.67 bits per heavy atom. The smallest absolute Gasteiger partial charge is 0.253 e. The number of aliphatic hydroxyl groups excluding tert-OH is 1. The van der Waals surface area contributed by atoms with Crippen LogP contribution in [-0.4, -0.2) is 72.0 Å². The number of amides is 1. The highest BCUT2D eigenvalue weighted by molar-refractivity contribution is 6.32. The maximum atomic E-state index is 12.4. The molecule has 176 valence electrons. The zero-order valence-corrected chi connectivity index (χ0v) is 19.9. The number of anilines is 1. The lowest BCUT2D eigenvalue weighted by molar-refractivity contribution is -0.0107. The number of carbonyl (C=O) groups excluding carboxylic acids is 1. The van der Waals surface area contributed by atoms with Crippen LogP contribution in [0.2, 0.25) is 10.0 Å². The molecule has 3 N–H and O–H groups in total. The number of phenols is 1. The molecular formula is C24H27Cl2N3O4. The van der Waals surface area contributed by atoms with Crippen LogP contribution < -0.4 is 15.0 Å². The molecule has 3 aliphatic rings. The van der Waals surface area contributed by atoms with Gasteiger partial charge in [0, 0.05) is 63.6 Å². The van der Waals surface area contributed by atoms with Crippen molar-refractivity contribution in [1.82, 2.24) is 10.2 Å². The molecule has 33 heavy (non-hydrogen) atoms. The number of ether oxygens (including phenoxy) is 1. The highest BCUT2D eigenvalue weighted by Crippen LogP contribution is 2.43. The number of phenolic OH excluding ortho intramolecular Hbond substituents is 1. The van der Waals surface area contributed by atoms with Crippen LogP contribution in [0.1, 0.15) is 28.8 Å². The molecule has 2 aromatic carbocycles. The van der Waals surface area contributed by atoms with Gasteiger partial charge in [0.05, 0.1) is 28.4 Å². The number of rotatable bonds is 3. The topological polar surface area (TPSA) is 85.3 Å². The van der Waals surface area contributed by atoms with E-state index < -0.39 is 6.10 Å². The first kappa shape index (κ1) is 22.6. The van der Waals surface area contributed by atoms with Crippen LogP contribution in [0.3, 0.4) is 0 Å². The number of aliphatic hydroxyl groups is 1. The van der Waals surface area contributed by atoms with Gasteiger partial charge in [-0.05, 0) is 29.8 Å². The summed E-state index contributed by atoms with van der Waals surface area (Å²) >= 11 is 12.2. The first-order valence-electron chi connectivity index (χ1n) is 11.2. The van der Waals surface area contributed by atoms with E-state index in [4.69, 9.17) is 27.9 Å². The van der Waals surface area contributed by atoms with Crippen molar-refractivity contribution in [2.75, 3.05) is 38.1 Å². The highest BCUT2D eigenvalue weighted by atomic mass is 35.5. The van der Waals surface area contributed by atoms with Gasteiger partial charge < -0.3 is 25.2 Å². The minimum absolute atomic E-state index is 0.0732. The van der Waals surface area contributed by atoms with Crippen LogP contribution in [-0.2, 0) is 6.42 Å². The molecule has 5 rings (SSSR count). The second-order valence-electron chi connectivity index (χ2n) is 9.19. The minimum atomic E-state index is -0.574. The number of piperidine rings is 1. The molecule has 2 fully saturated rings. The van der Waals surface area contributed by atoms with Crippen molar-refractivity contribution in [3.8, 4) is 11.5 Å². The average molecular weight is 492 g/mol. The Balaban J connectivity index is 1.29. The van der Waals surface area contributed by atoms with Crippen molar-refractivity contribution in [1.29, 1.82) is 0 Å². The maximum Gasteiger partial charge on any atom is 0.253 e. The molecule has 2 saturated heterocycles. The van der Waals surface area contributed by atoms with Crippen LogP contribution in [0.15, 0.2) is 30.3 Å². The number of aromatic hydroxyl groups is 1. The fourth-order valence-electron chi connectivity index (χ4n) is 5.40. The van der Waals surface area contributed by atoms with E-state index in [1.807, 2.05) is 23.1 Å². The largest absolute Gasteiger partial charge is 0.506 e. The molecule has 3 aliphatic heterocycles. The summed E-state index contributed by atoms with van der Waals surface area (Å²) in [5.74, 6) is 0.544. The third-order valence-corrected chi connectivity index (χ3v) is 7.71. The summed E-state index contributed by atoms with van der Waals surface area (Å²) in [6.07, 6.45) is 2.02. The van der Waals surface area contributed by atoms with Crippen molar-refractivity contribution in [3.63, 3.8) is 0 Å². The van der Waals surface area contributed by atoms with Crippen LogP contribution in [0, 0.1) is 0 Å². The number of carbonyl (C=O) groups is 1. The summed E-state index contributed by atoms with van der Waals surface area (Å²) in [5.41, 5.74) is 1.90. The average Bonchev–Trinajstić information content (AvgIpc) is 3.35. The van der Waals surface area contributed by atoms with Gasteiger partial charge in [0.25, 0.3) is 5.91 Å². The summed E-state index contributed by atoms with van der Waals surface area (Å²) in [6, 6.07) is 8.69. The molecule has 0 bridgehead atoms. The van der Waals surface area contributed by atoms with E-state index in [1.165, 1.54) is 12.1 Å². The van der Waals surface area contributed by atoms with Gasteiger partial charge in [-0.3, -0.25) is 9.69 Å². The van der Waals surface area contributed by atoms with Crippen molar-refractivity contribution < 1.29 is 19.7 Å². The van der Waals surface area contributed by atoms with Gasteiger partial charge in [0.1, 0.15) is 17.1 Å². The van der Waals surface area contributed by atoms with E-state index in [-0.39, 0.29) is 28.3 Å². The Hall–Kier alpha value is -2.19. The van der Waals surface area contributed by atoms with E-state index in [1.54, 1.807) is 7.05 Å². The van der Waals surface area contributed by atoms with Gasteiger partial charge in [-0.15, -0.1) is 0 Å². The first-order chi connectivity index (χ1) is 15.8. The van der Waals surface area contributed by atoms with E-state index in [9.17, 15) is 15.0 Å². The van der Waals surface area contributed by atoms with Gasteiger partial charge in [-0.1, -0.05) is 23.2 Å². The van der Waals surface area contributed by atoms with E-state index in [0.29, 0.717) is 24.3 Å². The second-order valence-corrected chi connectivity index (χ2v) is 10.0. The summed E-state index contributed by atoms with van der Waals surface area (Å²) in [5, 5.41) is 24.5. The molecule has 1 spiro atoms. The number of hydrogen-bond donors (Lipinski definition) is 3. The molecule has 1 amide bonds. The Kier molecular flexibility index (Phi) is 5.85. The zero-order valence-electron chi connectivity index (χ0n) is 18.4. The van der Waals surface area contributed by atoms with Crippen molar-refractivity contribution >= 4 is 34.8 Å². The number of nitrogens with zero attached hydrogens (tertiary/aromatic N) is 2. The van der Waals surface area contributed by atoms with Crippen molar-refractivity contribution in [3.05, 3.63) is 51.5 Å². The van der Waals surface area contributed by atoms with Gasteiger partial charge in [-0.2, -0.15) is 0 Å². The molecule has 2 aromatic rings. The third kappa shape index (κ3) is 4.12. The van der Waals surface area contributed by atoms with Gasteiger partial charge >= 0.3 is 0 Å². The Labute approximate surface area is 202 Å². The number of β-amino-alcohol motifs (C(OH)–C–C–N with tert-alkyl or cyclic N) is 1. The monoisotopic (exact) mass is 491 g/mol. The first-order valence-corrected chi connectivity index (χ1v) is 11.9. The summed E-state index contributed by atoms with van der Waals surface area (Å²) < 4.78 is 6.35. The number of benzene rings is 2. The van der Waals surface area contributed by atoms with Gasteiger partial charge in [0.2, 0.25) is 0 Å². The summed E-state index contributed by atoms with van der Waals surface area (Å²) in [4.78, 5) is 16.7. The predicted octanol–water partition coefficient (Wildman–Crippen LogP) is 3.08. The summed E-state index contributed by atoms with van der Waals surface area (Å²) in [7, 11) is 1.55. The number of fused-ring (bicyclic) bond motifs is 1. The van der Waals surface area contributed by atoms with Gasteiger partial charge in [0.15, 0.2) is 0 Å². The molecule has 0 saturated carbocycles. The van der Waals surface area contributed by atoms with Crippen LogP contribution in [0.25, 0.3) is 0 Å². The fourth-order valence-corrected chi connectivity index (χ4v) is 5.76. The van der Waals surface area contributed by atoms with Crippen molar-refractivity contribution in [2.24, 2.45) is 0 Å². The Morgan fingerprint density at radius 1 is 1.18 bits per heavy atom. The molecule has 0 aliphatic carbocycles. The summed E-state index contributed by atoms with van der Waals surface area (Å²) in [6.45, 7) is 2.55. The fraction of sp³-hybridized carbons (Fsp3) is 0.458. The lowest BCUT2D eigenvalue weighted by atomic mass is 9.86. The van der Waals surface area contributed by atoms with E-state index >= 15 is 0 Å². The third-order valence-electron chi connectivity index (χ3n) is 7.18. The number of likely N-dealkylation sites (tertiary alicyclic amines) is 1. The molecule has 9 heteroatoms. The second kappa shape index (κ2) is 8.55. The molecule has 0 radical (unpaired) electrons. The minimum Gasteiger partial charge on any atom is -0.506 e. The number of hydrogen-bond acceptors (Lipinski definition) is 6. The number of nitrogens with one attached hydrogen (secondary N) is 1. The van der Waals surface area contributed by atoms with Crippen LogP contribution in [0.5, 0.6) is 11.5 Å². The Morgan fingerprint density at radius 2 is 1.94 bits per heavy atom. The maximum absolute atomic E-state index is 12.4. The number of halogens is 2. The molecule has 0 aromatic heterocycles. The van der Waals surface area contributed by atoms with Crippen LogP contribution in [0.4, 0.5) is 5.69 Å². The standard InChI is InChI=1S/C24H27Cl2N3O4/c1-27-23(32)16-9-17(26)20(30)10-18(16)29-12-19(21(31)13-29)28-6-4-24(5-7-28)11-14-8-15(25)2-3-22(14)33-24/h2-3,8-10,19,21,30-31H,4-7,11-13H2,1H3,(H,27,32)/t19?,21-/m1/s1.